The van der Waals surface area contributed by atoms with Crippen LogP contribution in [0.1, 0.15) is 30.8 Å². The lowest BCUT2D eigenvalue weighted by Gasteiger charge is -2.43. The first-order chi connectivity index (χ1) is 17.2. The Morgan fingerprint density at radius 3 is 2.83 bits per heavy atom. The Kier molecular flexibility index (Phi) is 7.67. The van der Waals surface area contributed by atoms with Crippen LogP contribution in [0.2, 0.25) is 0 Å². The van der Waals surface area contributed by atoms with Crippen molar-refractivity contribution in [3.63, 3.8) is 0 Å². The quantitative estimate of drug-likeness (QED) is 0.0520. The van der Waals surface area contributed by atoms with E-state index in [4.69, 9.17) is 16.3 Å². The Morgan fingerprint density at radius 1 is 1.42 bits per heavy atom. The van der Waals surface area contributed by atoms with Crippen LogP contribution in [0.15, 0.2) is 10.5 Å². The van der Waals surface area contributed by atoms with Gasteiger partial charge in [-0.3, -0.25) is 13.9 Å². The maximum atomic E-state index is 13.1. The van der Waals surface area contributed by atoms with Gasteiger partial charge in [0, 0.05) is 18.2 Å². The van der Waals surface area contributed by atoms with Gasteiger partial charge in [-0.15, -0.1) is 21.5 Å². The minimum absolute atomic E-state index is 0.0898. The number of tetrazole rings is 1. The second kappa shape index (κ2) is 10.7. The number of oxime groups is 1. The minimum Gasteiger partial charge on any atom is -0.478 e. The van der Waals surface area contributed by atoms with Gasteiger partial charge in [0.2, 0.25) is 5.60 Å². The first-order valence-electron chi connectivity index (χ1n) is 11.0. The van der Waals surface area contributed by atoms with Gasteiger partial charge in [-0.05, 0) is 24.7 Å². The predicted molar refractivity (Wildman–Crippen MR) is 128 cm³/mol. The molecule has 1 aliphatic heterocycles. The SMILES string of the molecule is NCCCNCc1nnn(CC2C(NC(=O)/C(=N\OC3(C(=O)O)CC3)c3csc(N)n3)C(=O)N2S)n1. The third-order valence-electron chi connectivity index (χ3n) is 5.55. The number of hydrogen-bond acceptors (Lipinski definition) is 14. The van der Waals surface area contributed by atoms with E-state index in [9.17, 15) is 19.5 Å². The molecule has 2 unspecified atom stereocenters. The summed E-state index contributed by atoms with van der Waals surface area (Å²) < 4.78 is 1.16. The van der Waals surface area contributed by atoms with Crippen molar-refractivity contribution in [2.24, 2.45) is 10.9 Å². The molecule has 18 heteroatoms. The van der Waals surface area contributed by atoms with E-state index in [1.807, 2.05) is 0 Å². The molecule has 2 aromatic heterocycles. The number of aromatic nitrogens is 5. The van der Waals surface area contributed by atoms with E-state index in [0.29, 0.717) is 25.5 Å². The Bertz CT molecular complexity index is 1160. The number of rotatable bonds is 13. The molecular formula is C18H25N11O5S2. The van der Waals surface area contributed by atoms with Crippen LogP contribution in [0.4, 0.5) is 5.13 Å². The molecule has 3 heterocycles. The lowest BCUT2D eigenvalue weighted by Crippen LogP contribution is -2.69. The van der Waals surface area contributed by atoms with Crippen LogP contribution < -0.4 is 22.1 Å². The van der Waals surface area contributed by atoms with E-state index < -0.39 is 35.5 Å². The highest BCUT2D eigenvalue weighted by Crippen LogP contribution is 2.40. The number of nitrogen functional groups attached to an aromatic ring is 1. The fourth-order valence-corrected chi connectivity index (χ4v) is 4.17. The monoisotopic (exact) mass is 539 g/mol. The summed E-state index contributed by atoms with van der Waals surface area (Å²) in [6.07, 6.45) is 1.33. The summed E-state index contributed by atoms with van der Waals surface area (Å²) in [6, 6.07) is -1.56. The van der Waals surface area contributed by atoms with E-state index in [2.05, 4.69) is 49.0 Å². The number of thiazole rings is 1. The van der Waals surface area contributed by atoms with E-state index in [1.165, 1.54) is 10.2 Å². The van der Waals surface area contributed by atoms with E-state index in [-0.39, 0.29) is 35.9 Å². The molecule has 7 N–H and O–H groups in total. The van der Waals surface area contributed by atoms with Crippen molar-refractivity contribution in [1.82, 2.24) is 40.1 Å². The molecule has 194 valence electrons. The van der Waals surface area contributed by atoms with Crippen LogP contribution in [-0.4, -0.2) is 88.9 Å². The van der Waals surface area contributed by atoms with Gasteiger partial charge in [0.15, 0.2) is 16.7 Å². The predicted octanol–water partition coefficient (Wildman–Crippen LogP) is -2.27. The molecule has 0 bridgehead atoms. The largest absolute Gasteiger partial charge is 0.478 e. The number of nitrogens with one attached hydrogen (secondary N) is 2. The zero-order valence-electron chi connectivity index (χ0n) is 18.9. The van der Waals surface area contributed by atoms with Crippen LogP contribution in [0.3, 0.4) is 0 Å². The van der Waals surface area contributed by atoms with E-state index >= 15 is 0 Å². The summed E-state index contributed by atoms with van der Waals surface area (Å²) in [7, 11) is 0. The molecule has 0 radical (unpaired) electrons. The number of thiol groups is 1. The number of carbonyl (C=O) groups is 3. The normalized spacial score (nSPS) is 20.7. The molecule has 1 saturated heterocycles. The third kappa shape index (κ3) is 5.55. The summed E-state index contributed by atoms with van der Waals surface area (Å²) in [5, 5.41) is 32.7. The highest BCUT2D eigenvalue weighted by Gasteiger charge is 2.55. The Balaban J connectivity index is 1.43. The summed E-state index contributed by atoms with van der Waals surface area (Å²) >= 11 is 5.25. The lowest BCUT2D eigenvalue weighted by atomic mass is 9.98. The third-order valence-corrected chi connectivity index (χ3v) is 6.72. The number of nitrogens with zero attached hydrogens (tertiary/aromatic N) is 7. The molecule has 0 aromatic carbocycles. The standard InChI is InChI=1S/C18H25N11O5S2/c19-4-1-5-21-6-11-24-27-28(25-11)7-10-13(15(31)29(10)35)23-14(30)12(9-8-36-17(20)22-9)26-34-18(2-3-18)16(32)33/h8,10,13,21,35H,1-7,19H2,(H2,20,22)(H,23,30)(H,32,33)/b26-12-. The van der Waals surface area contributed by atoms with Crippen molar-refractivity contribution < 1.29 is 24.3 Å². The second-order valence-electron chi connectivity index (χ2n) is 8.18. The highest BCUT2D eigenvalue weighted by molar-refractivity contribution is 7.78. The summed E-state index contributed by atoms with van der Waals surface area (Å²) in [4.78, 5) is 47.5. The van der Waals surface area contributed by atoms with Crippen molar-refractivity contribution in [2.45, 2.75) is 50.0 Å². The van der Waals surface area contributed by atoms with Gasteiger partial charge < -0.3 is 32.0 Å². The summed E-state index contributed by atoms with van der Waals surface area (Å²) in [5.74, 6) is -1.97. The Labute approximate surface area is 214 Å². The van der Waals surface area contributed by atoms with Crippen molar-refractivity contribution in [1.29, 1.82) is 0 Å². The Morgan fingerprint density at radius 2 is 2.19 bits per heavy atom. The number of carboxylic acids is 1. The van der Waals surface area contributed by atoms with Crippen LogP contribution in [0.25, 0.3) is 0 Å². The molecule has 2 amide bonds. The van der Waals surface area contributed by atoms with Crippen LogP contribution in [-0.2, 0) is 32.3 Å². The second-order valence-corrected chi connectivity index (χ2v) is 9.50. The highest BCUT2D eigenvalue weighted by atomic mass is 32.1. The lowest BCUT2D eigenvalue weighted by molar-refractivity contribution is -0.153. The Hall–Kier alpha value is -3.35. The van der Waals surface area contributed by atoms with Crippen molar-refractivity contribution in [2.75, 3.05) is 18.8 Å². The van der Waals surface area contributed by atoms with Crippen LogP contribution >= 0.6 is 24.2 Å². The summed E-state index contributed by atoms with van der Waals surface area (Å²) in [5.41, 5.74) is 9.45. The topological polar surface area (TPSA) is 229 Å². The minimum atomic E-state index is -1.47. The van der Waals surface area contributed by atoms with E-state index in [0.717, 1.165) is 22.1 Å². The van der Waals surface area contributed by atoms with Crippen LogP contribution in [0.5, 0.6) is 0 Å². The molecule has 2 aromatic rings. The average Bonchev–Trinajstić information content (AvgIpc) is 3.33. The number of carbonyl (C=O) groups excluding carboxylic acids is 2. The molecule has 36 heavy (non-hydrogen) atoms. The number of nitrogens with two attached hydrogens (primary N) is 2. The fourth-order valence-electron chi connectivity index (χ4n) is 3.29. The summed E-state index contributed by atoms with van der Waals surface area (Å²) in [6.45, 7) is 1.81. The first kappa shape index (κ1) is 25.7. The number of anilines is 1. The molecule has 2 atom stereocenters. The van der Waals surface area contributed by atoms with Gasteiger partial charge in [-0.2, -0.15) is 4.80 Å². The smallest absolute Gasteiger partial charge is 0.350 e. The van der Waals surface area contributed by atoms with Gasteiger partial charge >= 0.3 is 5.97 Å². The van der Waals surface area contributed by atoms with Gasteiger partial charge in [0.25, 0.3) is 11.8 Å². The molecule has 2 fully saturated rings. The zero-order chi connectivity index (χ0) is 25.9. The number of amides is 2. The van der Waals surface area contributed by atoms with Gasteiger partial charge in [-0.25, -0.2) is 9.78 Å². The molecule has 1 saturated carbocycles. The zero-order valence-corrected chi connectivity index (χ0v) is 20.6. The number of β-lactam (4-membered cyclic amide) rings is 1. The first-order valence-corrected chi connectivity index (χ1v) is 12.2. The number of hydrogen-bond donors (Lipinski definition) is 6. The van der Waals surface area contributed by atoms with Crippen molar-refractivity contribution >= 4 is 52.8 Å². The van der Waals surface area contributed by atoms with Gasteiger partial charge in [-0.1, -0.05) is 18.0 Å². The average molecular weight is 540 g/mol. The van der Waals surface area contributed by atoms with Crippen molar-refractivity contribution in [3.05, 3.63) is 16.9 Å². The van der Waals surface area contributed by atoms with Crippen LogP contribution in [0, 0.1) is 0 Å². The number of aliphatic carboxylic acids is 1. The molecule has 1 aliphatic carbocycles. The van der Waals surface area contributed by atoms with Gasteiger partial charge in [0.1, 0.15) is 11.7 Å². The molecule has 2 aliphatic rings. The van der Waals surface area contributed by atoms with E-state index in [1.54, 1.807) is 0 Å². The number of carboxylic acid groups (broad SMARTS) is 1. The van der Waals surface area contributed by atoms with Gasteiger partial charge in [0.05, 0.1) is 19.1 Å². The maximum absolute atomic E-state index is 13.1. The molecule has 16 nitrogen and oxygen atoms in total. The molecule has 4 rings (SSSR count). The fraction of sp³-hybridized carbons (Fsp3) is 0.556. The molecular weight excluding hydrogens is 514 g/mol. The molecule has 0 spiro atoms. The maximum Gasteiger partial charge on any atom is 0.350 e. The van der Waals surface area contributed by atoms with Crippen molar-refractivity contribution in [3.8, 4) is 0 Å².